The van der Waals surface area contributed by atoms with Gasteiger partial charge in [-0.05, 0) is 31.2 Å². The standard InChI is InChI=1S/C14H28N2/c1-14(2,3)12-7-5-6-8-13(12)16(4)11-9-15-10-11/h11-13,15H,5-10H2,1-4H3. The Kier molecular flexibility index (Phi) is 3.60. The molecule has 1 N–H and O–H groups in total. The first-order valence-corrected chi connectivity index (χ1v) is 6.93. The minimum Gasteiger partial charge on any atom is -0.314 e. The lowest BCUT2D eigenvalue weighted by Crippen LogP contribution is -2.61. The number of nitrogens with one attached hydrogen (secondary N) is 1. The molecular weight excluding hydrogens is 196 g/mol. The first kappa shape index (κ1) is 12.4. The van der Waals surface area contributed by atoms with Crippen molar-refractivity contribution in [1.29, 1.82) is 0 Å². The van der Waals surface area contributed by atoms with Gasteiger partial charge in [0.1, 0.15) is 0 Å². The van der Waals surface area contributed by atoms with Gasteiger partial charge < -0.3 is 5.32 Å². The highest BCUT2D eigenvalue weighted by Gasteiger charge is 2.38. The molecule has 1 saturated heterocycles. The van der Waals surface area contributed by atoms with Gasteiger partial charge in [-0.3, -0.25) is 4.90 Å². The fourth-order valence-corrected chi connectivity index (χ4v) is 3.44. The molecule has 0 aromatic carbocycles. The Hall–Kier alpha value is -0.0800. The summed E-state index contributed by atoms with van der Waals surface area (Å²) in [5, 5.41) is 3.39. The number of rotatable bonds is 2. The average molecular weight is 224 g/mol. The van der Waals surface area contributed by atoms with Gasteiger partial charge in [0.05, 0.1) is 0 Å². The molecule has 1 aliphatic carbocycles. The Bertz CT molecular complexity index is 227. The summed E-state index contributed by atoms with van der Waals surface area (Å²) in [7, 11) is 2.35. The lowest BCUT2D eigenvalue weighted by Gasteiger charge is -2.49. The van der Waals surface area contributed by atoms with E-state index >= 15 is 0 Å². The zero-order valence-corrected chi connectivity index (χ0v) is 11.4. The van der Waals surface area contributed by atoms with E-state index in [4.69, 9.17) is 0 Å². The van der Waals surface area contributed by atoms with E-state index in [1.807, 2.05) is 0 Å². The first-order valence-electron chi connectivity index (χ1n) is 6.93. The van der Waals surface area contributed by atoms with Crippen LogP contribution in [0.1, 0.15) is 46.5 Å². The molecule has 0 aromatic heterocycles. The lowest BCUT2D eigenvalue weighted by atomic mass is 9.69. The monoisotopic (exact) mass is 224 g/mol. The Balaban J connectivity index is 2.03. The van der Waals surface area contributed by atoms with Gasteiger partial charge in [0, 0.05) is 25.2 Å². The molecule has 2 heteroatoms. The predicted molar refractivity (Wildman–Crippen MR) is 69.6 cm³/mol. The SMILES string of the molecule is CN(C1CNC1)C1CCCCC1C(C)(C)C. The van der Waals surface area contributed by atoms with Crippen molar-refractivity contribution in [2.24, 2.45) is 11.3 Å². The van der Waals surface area contributed by atoms with Gasteiger partial charge >= 0.3 is 0 Å². The third kappa shape index (κ3) is 2.43. The third-order valence-corrected chi connectivity index (χ3v) is 4.70. The predicted octanol–water partition coefficient (Wildman–Crippen LogP) is 2.49. The van der Waals surface area contributed by atoms with Gasteiger partial charge in [0.25, 0.3) is 0 Å². The molecule has 94 valence electrons. The summed E-state index contributed by atoms with van der Waals surface area (Å²) in [5.41, 5.74) is 0.469. The zero-order chi connectivity index (χ0) is 11.8. The van der Waals surface area contributed by atoms with Crippen LogP contribution in [0.2, 0.25) is 0 Å². The van der Waals surface area contributed by atoms with Crippen LogP contribution in [0.3, 0.4) is 0 Å². The highest BCUT2D eigenvalue weighted by Crippen LogP contribution is 2.40. The van der Waals surface area contributed by atoms with Crippen molar-refractivity contribution in [3.8, 4) is 0 Å². The molecule has 2 rings (SSSR count). The van der Waals surface area contributed by atoms with Gasteiger partial charge in [-0.15, -0.1) is 0 Å². The second kappa shape index (κ2) is 4.66. The van der Waals surface area contributed by atoms with Crippen LogP contribution in [-0.2, 0) is 0 Å². The quantitative estimate of drug-likeness (QED) is 0.775. The highest BCUT2D eigenvalue weighted by molar-refractivity contribution is 4.94. The van der Waals surface area contributed by atoms with Crippen molar-refractivity contribution in [1.82, 2.24) is 10.2 Å². The van der Waals surface area contributed by atoms with Crippen molar-refractivity contribution in [3.63, 3.8) is 0 Å². The number of hydrogen-bond acceptors (Lipinski definition) is 2. The number of likely N-dealkylation sites (N-methyl/N-ethyl adjacent to an activating group) is 1. The fraction of sp³-hybridized carbons (Fsp3) is 1.00. The smallest absolute Gasteiger partial charge is 0.0345 e. The molecule has 1 aliphatic heterocycles. The molecule has 0 radical (unpaired) electrons. The number of hydrogen-bond donors (Lipinski definition) is 1. The van der Waals surface area contributed by atoms with E-state index in [9.17, 15) is 0 Å². The van der Waals surface area contributed by atoms with Crippen molar-refractivity contribution in [3.05, 3.63) is 0 Å². The molecule has 16 heavy (non-hydrogen) atoms. The maximum absolute atomic E-state index is 3.39. The normalized spacial score (nSPS) is 32.8. The summed E-state index contributed by atoms with van der Waals surface area (Å²) < 4.78 is 0. The van der Waals surface area contributed by atoms with Crippen molar-refractivity contribution >= 4 is 0 Å². The molecule has 2 nitrogen and oxygen atoms in total. The summed E-state index contributed by atoms with van der Waals surface area (Å²) in [6.45, 7) is 9.66. The summed E-state index contributed by atoms with van der Waals surface area (Å²) in [5.74, 6) is 0.881. The largest absolute Gasteiger partial charge is 0.314 e. The van der Waals surface area contributed by atoms with Crippen LogP contribution in [0.5, 0.6) is 0 Å². The third-order valence-electron chi connectivity index (χ3n) is 4.70. The van der Waals surface area contributed by atoms with Crippen LogP contribution in [0.4, 0.5) is 0 Å². The molecule has 0 spiro atoms. The molecule has 0 bridgehead atoms. The maximum atomic E-state index is 3.39. The van der Waals surface area contributed by atoms with E-state index in [0.29, 0.717) is 5.41 Å². The van der Waals surface area contributed by atoms with E-state index in [2.05, 4.69) is 38.0 Å². The Morgan fingerprint density at radius 3 is 2.19 bits per heavy atom. The van der Waals surface area contributed by atoms with E-state index in [0.717, 1.165) is 18.0 Å². The molecule has 2 unspecified atom stereocenters. The van der Waals surface area contributed by atoms with Gasteiger partial charge in [0.2, 0.25) is 0 Å². The Morgan fingerprint density at radius 1 is 1.06 bits per heavy atom. The Labute approximate surface area is 101 Å². The second-order valence-electron chi connectivity index (χ2n) is 6.80. The van der Waals surface area contributed by atoms with Crippen LogP contribution in [0, 0.1) is 11.3 Å². The van der Waals surface area contributed by atoms with Crippen LogP contribution >= 0.6 is 0 Å². The molecular formula is C14H28N2. The lowest BCUT2D eigenvalue weighted by molar-refractivity contribution is 0.0185. The molecule has 2 aliphatic rings. The summed E-state index contributed by atoms with van der Waals surface area (Å²) >= 11 is 0. The van der Waals surface area contributed by atoms with Crippen LogP contribution < -0.4 is 5.32 Å². The summed E-state index contributed by atoms with van der Waals surface area (Å²) in [6, 6.07) is 1.62. The van der Waals surface area contributed by atoms with Crippen molar-refractivity contribution < 1.29 is 0 Å². The van der Waals surface area contributed by atoms with Crippen LogP contribution in [0.25, 0.3) is 0 Å². The number of nitrogens with zero attached hydrogens (tertiary/aromatic N) is 1. The van der Waals surface area contributed by atoms with Crippen LogP contribution in [-0.4, -0.2) is 37.1 Å². The average Bonchev–Trinajstić information content (AvgIpc) is 2.13. The molecule has 2 fully saturated rings. The maximum Gasteiger partial charge on any atom is 0.0345 e. The van der Waals surface area contributed by atoms with E-state index < -0.39 is 0 Å². The minimum absolute atomic E-state index is 0.469. The molecule has 1 saturated carbocycles. The first-order chi connectivity index (χ1) is 7.50. The van der Waals surface area contributed by atoms with E-state index in [1.54, 1.807) is 0 Å². The molecule has 0 amide bonds. The Morgan fingerprint density at radius 2 is 1.69 bits per heavy atom. The molecule has 0 aromatic rings. The van der Waals surface area contributed by atoms with Crippen molar-refractivity contribution in [2.75, 3.05) is 20.1 Å². The highest BCUT2D eigenvalue weighted by atomic mass is 15.2. The second-order valence-corrected chi connectivity index (χ2v) is 6.80. The van der Waals surface area contributed by atoms with Gasteiger partial charge in [0.15, 0.2) is 0 Å². The van der Waals surface area contributed by atoms with Gasteiger partial charge in [-0.2, -0.15) is 0 Å². The van der Waals surface area contributed by atoms with E-state index in [-0.39, 0.29) is 0 Å². The minimum atomic E-state index is 0.469. The fourth-order valence-electron chi connectivity index (χ4n) is 3.44. The van der Waals surface area contributed by atoms with Crippen molar-refractivity contribution in [2.45, 2.75) is 58.5 Å². The van der Waals surface area contributed by atoms with E-state index in [1.165, 1.54) is 38.8 Å². The topological polar surface area (TPSA) is 15.3 Å². The van der Waals surface area contributed by atoms with Crippen LogP contribution in [0.15, 0.2) is 0 Å². The molecule has 2 atom stereocenters. The zero-order valence-electron chi connectivity index (χ0n) is 11.4. The van der Waals surface area contributed by atoms with Gasteiger partial charge in [-0.25, -0.2) is 0 Å². The summed E-state index contributed by atoms with van der Waals surface area (Å²) in [4.78, 5) is 2.67. The molecule has 1 heterocycles. The van der Waals surface area contributed by atoms with Gasteiger partial charge in [-0.1, -0.05) is 33.6 Å². The summed E-state index contributed by atoms with van der Waals surface area (Å²) in [6.07, 6.45) is 5.71.